The van der Waals surface area contributed by atoms with Crippen molar-refractivity contribution in [3.63, 3.8) is 0 Å². The molecule has 16 heteroatoms. The minimum absolute atomic E-state index is 0.0185. The van der Waals surface area contributed by atoms with Gasteiger partial charge in [0.05, 0.1) is 25.5 Å². The molecular weight excluding hydrogens is 841 g/mol. The van der Waals surface area contributed by atoms with Crippen molar-refractivity contribution >= 4 is 40.5 Å². The Morgan fingerprint density at radius 3 is 2.48 bits per heavy atom. The van der Waals surface area contributed by atoms with E-state index in [1.54, 1.807) is 32.5 Å². The number of rotatable bonds is 11. The summed E-state index contributed by atoms with van der Waals surface area (Å²) < 4.78 is 14.0. The number of amides is 4. The fourth-order valence-corrected chi connectivity index (χ4v) is 9.58. The van der Waals surface area contributed by atoms with E-state index in [9.17, 15) is 29.1 Å². The lowest BCUT2D eigenvalue weighted by Gasteiger charge is -2.37. The van der Waals surface area contributed by atoms with Gasteiger partial charge in [-0.25, -0.2) is 5.43 Å². The van der Waals surface area contributed by atoms with Crippen LogP contribution in [0, 0.1) is 11.3 Å². The third-order valence-corrected chi connectivity index (χ3v) is 13.2. The van der Waals surface area contributed by atoms with E-state index < -0.39 is 53.3 Å². The van der Waals surface area contributed by atoms with E-state index in [0.717, 1.165) is 38.9 Å². The van der Waals surface area contributed by atoms with Crippen molar-refractivity contribution in [1.82, 2.24) is 40.4 Å². The second-order valence-corrected chi connectivity index (χ2v) is 19.9. The quantitative estimate of drug-likeness (QED) is 0.121. The predicted molar refractivity (Wildman–Crippen MR) is 251 cm³/mol. The maximum Gasteiger partial charge on any atom is 0.324 e. The number of nitrogens with zero attached hydrogens (tertiary/aromatic N) is 5. The number of benzene rings is 2. The molecule has 66 heavy (non-hydrogen) atoms. The smallest absolute Gasteiger partial charge is 0.324 e. The van der Waals surface area contributed by atoms with Gasteiger partial charge in [0.2, 0.25) is 17.7 Å². The minimum atomic E-state index is -1.18. The van der Waals surface area contributed by atoms with E-state index >= 15 is 0 Å². The van der Waals surface area contributed by atoms with Crippen molar-refractivity contribution in [3.05, 3.63) is 71.5 Å². The Hall–Kier alpha value is -5.84. The van der Waals surface area contributed by atoms with Crippen LogP contribution >= 0.6 is 0 Å². The number of aromatic nitrogens is 2. The Bertz CT molecular complexity index is 2510. The summed E-state index contributed by atoms with van der Waals surface area (Å²) in [5, 5.41) is 19.8. The molecule has 0 unspecified atom stereocenters. The normalized spacial score (nSPS) is 20.9. The predicted octanol–water partition coefficient (Wildman–Crippen LogP) is 4.58. The first-order valence-corrected chi connectivity index (χ1v) is 23.0. The third kappa shape index (κ3) is 10.1. The van der Waals surface area contributed by atoms with Crippen molar-refractivity contribution in [2.45, 2.75) is 117 Å². The number of phenolic OH excluding ortho intramolecular Hbond substituents is 1. The first kappa shape index (κ1) is 48.1. The summed E-state index contributed by atoms with van der Waals surface area (Å²) in [5.74, 6) is -2.59. The van der Waals surface area contributed by atoms with Crippen molar-refractivity contribution in [3.8, 4) is 28.1 Å². The number of hydrogen-bond donors (Lipinski definition) is 4. The van der Waals surface area contributed by atoms with Gasteiger partial charge in [-0.05, 0) is 104 Å². The summed E-state index contributed by atoms with van der Waals surface area (Å²) in [5.41, 5.74) is 9.32. The molecule has 0 spiro atoms. The topological polar surface area (TPSA) is 198 Å². The average molecular weight is 907 g/mol. The van der Waals surface area contributed by atoms with E-state index in [0.29, 0.717) is 43.5 Å². The fraction of sp³-hybridized carbons (Fsp3) is 0.520. The highest BCUT2D eigenvalue weighted by molar-refractivity contribution is 5.96. The Morgan fingerprint density at radius 2 is 1.80 bits per heavy atom. The lowest BCUT2D eigenvalue weighted by Crippen LogP contribution is -2.62. The van der Waals surface area contributed by atoms with Gasteiger partial charge in [-0.15, -0.1) is 0 Å². The number of aromatic hydroxyl groups is 1. The van der Waals surface area contributed by atoms with Crippen molar-refractivity contribution in [2.75, 3.05) is 40.9 Å². The number of carbonyl (C=O) groups excluding carboxylic acids is 5. The molecule has 4 N–H and O–H groups in total. The van der Waals surface area contributed by atoms with Crippen LogP contribution < -0.4 is 16.1 Å². The molecule has 6 bridgehead atoms. The van der Waals surface area contributed by atoms with Gasteiger partial charge >= 0.3 is 5.97 Å². The molecular formula is C50H66N8O8. The van der Waals surface area contributed by atoms with Crippen molar-refractivity contribution < 1.29 is 38.6 Å². The Balaban J connectivity index is 1.28. The zero-order chi connectivity index (χ0) is 47.8. The zero-order valence-electron chi connectivity index (χ0n) is 40.0. The molecule has 5 heterocycles. The lowest BCUT2D eigenvalue weighted by molar-refractivity contribution is -0.155. The molecule has 2 fully saturated rings. The van der Waals surface area contributed by atoms with E-state index in [1.165, 1.54) is 21.9 Å². The molecule has 3 aliphatic heterocycles. The van der Waals surface area contributed by atoms with Gasteiger partial charge in [0, 0.05) is 80.5 Å². The largest absolute Gasteiger partial charge is 0.508 e. The van der Waals surface area contributed by atoms with Gasteiger partial charge in [-0.3, -0.25) is 39.3 Å². The maximum atomic E-state index is 14.7. The summed E-state index contributed by atoms with van der Waals surface area (Å²) in [6, 6.07) is 9.96. The molecule has 4 amide bonds. The number of ether oxygens (including phenoxy) is 2. The van der Waals surface area contributed by atoms with E-state index in [1.807, 2.05) is 52.1 Å². The molecule has 2 aromatic heterocycles. The fourth-order valence-electron chi connectivity index (χ4n) is 9.58. The number of aryl methyl sites for hydroxylation is 1. The zero-order valence-corrected chi connectivity index (χ0v) is 40.0. The van der Waals surface area contributed by atoms with Crippen LogP contribution in [-0.4, -0.2) is 130 Å². The first-order valence-electron chi connectivity index (χ1n) is 23.0. The molecule has 354 valence electrons. The molecule has 0 saturated carbocycles. The molecule has 0 aliphatic carbocycles. The van der Waals surface area contributed by atoms with Crippen LogP contribution in [0.4, 0.5) is 0 Å². The van der Waals surface area contributed by atoms with E-state index in [-0.39, 0.29) is 49.2 Å². The molecule has 7 rings (SSSR count). The van der Waals surface area contributed by atoms with Crippen LogP contribution in [0.15, 0.2) is 54.9 Å². The number of fused-ring (bicyclic) bond motifs is 6. The summed E-state index contributed by atoms with van der Waals surface area (Å²) in [6.07, 6.45) is 5.09. The summed E-state index contributed by atoms with van der Waals surface area (Å²) in [7, 11) is 4.75. The maximum absolute atomic E-state index is 14.7. The molecule has 3 aliphatic rings. The van der Waals surface area contributed by atoms with Crippen molar-refractivity contribution in [2.24, 2.45) is 11.3 Å². The molecule has 4 aromatic rings. The molecule has 2 aromatic carbocycles. The second-order valence-electron chi connectivity index (χ2n) is 19.9. The van der Waals surface area contributed by atoms with Gasteiger partial charge in [0.15, 0.2) is 0 Å². The summed E-state index contributed by atoms with van der Waals surface area (Å²) >= 11 is 0. The first-order chi connectivity index (χ1) is 31.2. The molecule has 16 nitrogen and oxygen atoms in total. The Morgan fingerprint density at radius 1 is 1.06 bits per heavy atom. The second kappa shape index (κ2) is 19.2. The van der Waals surface area contributed by atoms with Gasteiger partial charge in [0.25, 0.3) is 5.91 Å². The number of cyclic esters (lactones) is 1. The van der Waals surface area contributed by atoms with E-state index in [2.05, 4.69) is 58.5 Å². The monoisotopic (exact) mass is 907 g/mol. The third-order valence-electron chi connectivity index (χ3n) is 13.2. The number of methoxy groups -OCH3 is 1. The van der Waals surface area contributed by atoms with Crippen LogP contribution in [0.1, 0.15) is 78.0 Å². The van der Waals surface area contributed by atoms with Crippen LogP contribution in [0.25, 0.3) is 33.3 Å². The number of pyridine rings is 1. The molecule has 4 atom stereocenters. The number of hydrogen-bond acceptors (Lipinski definition) is 11. The lowest BCUT2D eigenvalue weighted by atomic mass is 9.84. The number of phenols is 1. The summed E-state index contributed by atoms with van der Waals surface area (Å²) in [4.78, 5) is 77.0. The van der Waals surface area contributed by atoms with Gasteiger partial charge < -0.3 is 34.3 Å². The number of carbonyl (C=O) groups is 5. The van der Waals surface area contributed by atoms with Crippen molar-refractivity contribution in [1.29, 1.82) is 0 Å². The average Bonchev–Trinajstić information content (AvgIpc) is 3.81. The number of nitrogens with one attached hydrogen (secondary N) is 3. The van der Waals surface area contributed by atoms with Gasteiger partial charge in [-0.1, -0.05) is 39.8 Å². The van der Waals surface area contributed by atoms with Crippen LogP contribution in [-0.2, 0) is 59.4 Å². The van der Waals surface area contributed by atoms with Crippen LogP contribution in [0.3, 0.4) is 0 Å². The molecule has 2 saturated heterocycles. The van der Waals surface area contributed by atoms with Gasteiger partial charge in [-0.2, -0.15) is 0 Å². The Labute approximate surface area is 387 Å². The van der Waals surface area contributed by atoms with Crippen LogP contribution in [0.2, 0.25) is 0 Å². The Kier molecular flexibility index (Phi) is 14.0. The highest BCUT2D eigenvalue weighted by Gasteiger charge is 2.51. The SMILES string of the molecule is CCn1c(-c2cnccc2COC)c2c3cc(ccc31)-c1cc(O)cc(c1)C[C@H](NC(=O)[C@H](C(C)C)N(C)C(=O)CN(C)C(=O)[C@H]1NC1(C)C)C(=O)N1CCC[C@H](N1)C(=O)OCC(C)(C)C2. The highest BCUT2D eigenvalue weighted by Crippen LogP contribution is 2.41. The number of likely N-dealkylation sites (N-methyl/N-ethyl adjacent to an activating group) is 2. The van der Waals surface area contributed by atoms with Crippen LogP contribution in [0.5, 0.6) is 5.75 Å². The van der Waals surface area contributed by atoms with E-state index in [4.69, 9.17) is 9.47 Å². The highest BCUT2D eigenvalue weighted by atomic mass is 16.5. The standard InChI is InChI=1S/C50H66N8O8/c1-11-57-40-15-14-31-23-35(40)36(43(57)37-25-51-17-16-32(37)27-65-10)24-49(4,5)28-66-48(64)38-13-12-18-58(54-38)46(62)39(21-30-19-33(31)22-34(59)20-30)52-45(61)42(29(2)3)56(9)41(60)26-55(8)47(63)44-50(6,7)53-44/h14-17,19-20,22-23,25,29,38-39,42,44,53-54,59H,11-13,18,21,24,26-28H2,1-10H3,(H,52,61)/t38-,39-,42-,44+/m0/s1. The molecule has 0 radical (unpaired) electrons. The summed E-state index contributed by atoms with van der Waals surface area (Å²) in [6.45, 7) is 14.9. The van der Waals surface area contributed by atoms with Gasteiger partial charge in [0.1, 0.15) is 29.9 Å². The minimum Gasteiger partial charge on any atom is -0.508 e. The number of hydrazine groups is 1. The number of esters is 1.